The molecule has 0 aliphatic carbocycles. The van der Waals surface area contributed by atoms with Gasteiger partial charge in [0.15, 0.2) is 9.84 Å². The second kappa shape index (κ2) is 6.55. The maximum Gasteiger partial charge on any atom is 0.320 e. The van der Waals surface area contributed by atoms with Gasteiger partial charge >= 0.3 is 5.97 Å². The second-order valence-corrected chi connectivity index (χ2v) is 7.77. The highest BCUT2D eigenvalue weighted by molar-refractivity contribution is 7.91. The summed E-state index contributed by atoms with van der Waals surface area (Å²) in [6.07, 6.45) is 0.0987. The van der Waals surface area contributed by atoms with Crippen LogP contribution in [0, 0.1) is 5.92 Å². The highest BCUT2D eigenvalue weighted by Gasteiger charge is 2.24. The van der Waals surface area contributed by atoms with E-state index in [1.807, 2.05) is 0 Å². The van der Waals surface area contributed by atoms with E-state index >= 15 is 0 Å². The molecule has 0 bridgehead atoms. The zero-order valence-corrected chi connectivity index (χ0v) is 13.6. The smallest absolute Gasteiger partial charge is 0.320 e. The van der Waals surface area contributed by atoms with Crippen molar-refractivity contribution in [3.63, 3.8) is 0 Å². The molecule has 2 rings (SSSR count). The number of nitrogens with two attached hydrogens (primary N) is 2. The Labute approximate surface area is 135 Å². The Hall–Kier alpha value is -2.12. The van der Waals surface area contributed by atoms with Crippen LogP contribution in [0.25, 0.3) is 10.8 Å². The average Bonchev–Trinajstić information content (AvgIpc) is 2.46. The van der Waals surface area contributed by atoms with Gasteiger partial charge in [-0.3, -0.25) is 4.79 Å². The van der Waals surface area contributed by atoms with Gasteiger partial charge in [0, 0.05) is 16.5 Å². The maximum atomic E-state index is 12.7. The fraction of sp³-hybridized carbons (Fsp3) is 0.312. The van der Waals surface area contributed by atoms with Crippen LogP contribution < -0.4 is 11.5 Å². The van der Waals surface area contributed by atoms with Gasteiger partial charge in [-0.2, -0.15) is 0 Å². The number of fused-ring (bicyclic) bond motifs is 1. The van der Waals surface area contributed by atoms with E-state index in [0.29, 0.717) is 16.5 Å². The molecule has 0 heterocycles. The standard InChI is InChI=1S/C16H20N2O4S/c1-10(8-14(18)16(19)20)9-23(21,22)15-7-6-13(17)11-4-2-3-5-12(11)15/h2-7,10,14H,8-9,17-18H2,1H3,(H,19,20)/t10?,14-/m0/s1. The summed E-state index contributed by atoms with van der Waals surface area (Å²) in [5.41, 5.74) is 11.9. The van der Waals surface area contributed by atoms with Crippen molar-refractivity contribution >= 4 is 32.3 Å². The van der Waals surface area contributed by atoms with Gasteiger partial charge in [-0.1, -0.05) is 31.2 Å². The quantitative estimate of drug-likeness (QED) is 0.689. The number of carboxylic acid groups (broad SMARTS) is 1. The van der Waals surface area contributed by atoms with Crippen LogP contribution in [0.1, 0.15) is 13.3 Å². The number of hydrogen-bond acceptors (Lipinski definition) is 5. The third kappa shape index (κ3) is 3.80. The molecule has 2 atom stereocenters. The Morgan fingerprint density at radius 2 is 1.78 bits per heavy atom. The third-order valence-corrected chi connectivity index (χ3v) is 5.76. The molecule has 0 radical (unpaired) electrons. The van der Waals surface area contributed by atoms with Gasteiger partial charge in [-0.05, 0) is 24.5 Å². The molecule has 0 saturated heterocycles. The number of hydrogen-bond donors (Lipinski definition) is 3. The first-order valence-electron chi connectivity index (χ1n) is 7.20. The SMILES string of the molecule is CC(C[C@H](N)C(=O)O)CS(=O)(=O)c1ccc(N)c2ccccc12. The molecule has 6 nitrogen and oxygen atoms in total. The molecule has 0 spiro atoms. The predicted octanol–water partition coefficient (Wildman–Crippen LogP) is 1.63. The van der Waals surface area contributed by atoms with Gasteiger partial charge in [0.25, 0.3) is 0 Å². The fourth-order valence-corrected chi connectivity index (χ4v) is 4.49. The first-order chi connectivity index (χ1) is 10.7. The number of aliphatic carboxylic acids is 1. The number of nitrogen functional groups attached to an aromatic ring is 1. The van der Waals surface area contributed by atoms with Gasteiger partial charge in [0.1, 0.15) is 6.04 Å². The van der Waals surface area contributed by atoms with Crippen molar-refractivity contribution < 1.29 is 18.3 Å². The van der Waals surface area contributed by atoms with Gasteiger partial charge in [-0.15, -0.1) is 0 Å². The van der Waals surface area contributed by atoms with E-state index in [2.05, 4.69) is 0 Å². The molecule has 0 fully saturated rings. The minimum Gasteiger partial charge on any atom is -0.480 e. The number of rotatable bonds is 6. The predicted molar refractivity (Wildman–Crippen MR) is 89.8 cm³/mol. The van der Waals surface area contributed by atoms with Crippen molar-refractivity contribution in [2.24, 2.45) is 11.7 Å². The molecule has 0 aliphatic heterocycles. The largest absolute Gasteiger partial charge is 0.480 e. The lowest BCUT2D eigenvalue weighted by atomic mass is 10.0. The molecule has 0 aliphatic rings. The minimum atomic E-state index is -3.58. The second-order valence-electron chi connectivity index (χ2n) is 5.77. The van der Waals surface area contributed by atoms with Crippen LogP contribution in [0.3, 0.4) is 0 Å². The van der Waals surface area contributed by atoms with E-state index in [9.17, 15) is 13.2 Å². The van der Waals surface area contributed by atoms with Crippen molar-refractivity contribution in [2.45, 2.75) is 24.3 Å². The Bertz CT molecular complexity index is 833. The van der Waals surface area contributed by atoms with Crippen molar-refractivity contribution in [3.8, 4) is 0 Å². The van der Waals surface area contributed by atoms with Crippen LogP contribution in [0.4, 0.5) is 5.69 Å². The van der Waals surface area contributed by atoms with E-state index in [1.165, 1.54) is 6.07 Å². The summed E-state index contributed by atoms with van der Waals surface area (Å²) in [5, 5.41) is 10.1. The van der Waals surface area contributed by atoms with Gasteiger partial charge < -0.3 is 16.6 Å². The maximum absolute atomic E-state index is 12.7. The molecule has 0 aromatic heterocycles. The average molecular weight is 336 g/mol. The first-order valence-corrected chi connectivity index (χ1v) is 8.86. The van der Waals surface area contributed by atoms with Crippen LogP contribution in [-0.2, 0) is 14.6 Å². The zero-order chi connectivity index (χ0) is 17.2. The summed E-state index contributed by atoms with van der Waals surface area (Å²) in [6.45, 7) is 1.68. The number of anilines is 1. The van der Waals surface area contributed by atoms with Crippen molar-refractivity contribution in [3.05, 3.63) is 36.4 Å². The lowest BCUT2D eigenvalue weighted by Crippen LogP contribution is -2.33. The summed E-state index contributed by atoms with van der Waals surface area (Å²) in [7, 11) is -3.58. The molecule has 124 valence electrons. The number of sulfone groups is 1. The summed E-state index contributed by atoms with van der Waals surface area (Å²) in [6, 6.07) is 9.04. The zero-order valence-electron chi connectivity index (χ0n) is 12.8. The van der Waals surface area contributed by atoms with Crippen LogP contribution in [-0.4, -0.2) is 31.3 Å². The Morgan fingerprint density at radius 1 is 1.17 bits per heavy atom. The lowest BCUT2D eigenvalue weighted by Gasteiger charge is -2.16. The molecular formula is C16H20N2O4S. The molecular weight excluding hydrogens is 316 g/mol. The summed E-state index contributed by atoms with van der Waals surface area (Å²) < 4.78 is 25.4. The molecule has 0 amide bonds. The minimum absolute atomic E-state index is 0.0987. The van der Waals surface area contributed by atoms with E-state index in [-0.39, 0.29) is 23.0 Å². The van der Waals surface area contributed by atoms with E-state index in [4.69, 9.17) is 16.6 Å². The van der Waals surface area contributed by atoms with E-state index in [0.717, 1.165) is 0 Å². The molecule has 5 N–H and O–H groups in total. The molecule has 2 aromatic carbocycles. The Kier molecular flexibility index (Phi) is 4.91. The third-order valence-electron chi connectivity index (χ3n) is 3.73. The Morgan fingerprint density at radius 3 is 2.39 bits per heavy atom. The highest BCUT2D eigenvalue weighted by atomic mass is 32.2. The van der Waals surface area contributed by atoms with Gasteiger partial charge in [0.2, 0.25) is 0 Å². The van der Waals surface area contributed by atoms with Crippen molar-refractivity contribution in [1.29, 1.82) is 0 Å². The normalized spacial score (nSPS) is 14.5. The van der Waals surface area contributed by atoms with E-state index in [1.54, 1.807) is 37.3 Å². The van der Waals surface area contributed by atoms with Gasteiger partial charge in [0.05, 0.1) is 10.6 Å². The number of carboxylic acids is 1. The van der Waals surface area contributed by atoms with Crippen LogP contribution >= 0.6 is 0 Å². The van der Waals surface area contributed by atoms with Crippen LogP contribution in [0.5, 0.6) is 0 Å². The highest BCUT2D eigenvalue weighted by Crippen LogP contribution is 2.29. The summed E-state index contributed by atoms with van der Waals surface area (Å²) in [5.74, 6) is -1.67. The number of benzene rings is 2. The van der Waals surface area contributed by atoms with Crippen molar-refractivity contribution in [1.82, 2.24) is 0 Å². The van der Waals surface area contributed by atoms with Crippen LogP contribution in [0.15, 0.2) is 41.3 Å². The molecule has 2 aromatic rings. The lowest BCUT2D eigenvalue weighted by molar-refractivity contribution is -0.138. The number of carbonyl (C=O) groups is 1. The van der Waals surface area contributed by atoms with E-state index < -0.39 is 21.8 Å². The summed E-state index contributed by atoms with van der Waals surface area (Å²) >= 11 is 0. The fourth-order valence-electron chi connectivity index (χ4n) is 2.63. The molecule has 0 saturated carbocycles. The molecule has 23 heavy (non-hydrogen) atoms. The summed E-state index contributed by atoms with van der Waals surface area (Å²) in [4.78, 5) is 11.0. The Balaban J connectivity index is 2.34. The monoisotopic (exact) mass is 336 g/mol. The first kappa shape index (κ1) is 17.2. The van der Waals surface area contributed by atoms with Crippen molar-refractivity contribution in [2.75, 3.05) is 11.5 Å². The van der Waals surface area contributed by atoms with Gasteiger partial charge in [-0.25, -0.2) is 8.42 Å². The van der Waals surface area contributed by atoms with Crippen LogP contribution in [0.2, 0.25) is 0 Å². The topological polar surface area (TPSA) is 123 Å². The molecule has 7 heteroatoms. The molecule has 1 unspecified atom stereocenters.